The highest BCUT2D eigenvalue weighted by molar-refractivity contribution is 6.32. The molecule has 0 bridgehead atoms. The number of carbonyl (C=O) groups is 2. The molecule has 0 saturated heterocycles. The zero-order valence-electron chi connectivity index (χ0n) is 20.8. The van der Waals surface area contributed by atoms with E-state index in [9.17, 15) is 9.59 Å². The van der Waals surface area contributed by atoms with Crippen molar-refractivity contribution >= 4 is 29.2 Å². The van der Waals surface area contributed by atoms with E-state index in [0.29, 0.717) is 24.0 Å². The smallest absolute Gasteiger partial charge is 0.334 e. The molecule has 0 atom stereocenters. The average Bonchev–Trinajstić information content (AvgIpc) is 3.37. The summed E-state index contributed by atoms with van der Waals surface area (Å²) in [6.45, 7) is 3.75. The third-order valence-corrected chi connectivity index (χ3v) is 6.81. The highest BCUT2D eigenvalue weighted by Gasteiger charge is 2.32. The van der Waals surface area contributed by atoms with Crippen LogP contribution in [0.4, 0.5) is 10.1 Å². The van der Waals surface area contributed by atoms with Gasteiger partial charge in [0.1, 0.15) is 17.7 Å². The quantitative estimate of drug-likeness (QED) is 0.373. The fourth-order valence-electron chi connectivity index (χ4n) is 4.77. The summed E-state index contributed by atoms with van der Waals surface area (Å²) in [6, 6.07) is 6.18. The Kier molecular flexibility index (Phi) is 8.62. The maximum Gasteiger partial charge on any atom is 0.334 e. The molecule has 0 spiro atoms. The van der Waals surface area contributed by atoms with Crippen molar-refractivity contribution in [2.24, 2.45) is 0 Å². The molecule has 1 aromatic heterocycles. The van der Waals surface area contributed by atoms with E-state index in [-0.39, 0.29) is 35.2 Å². The van der Waals surface area contributed by atoms with Gasteiger partial charge >= 0.3 is 5.97 Å². The number of aromatic nitrogens is 1. The predicted molar refractivity (Wildman–Crippen MR) is 136 cm³/mol. The lowest BCUT2D eigenvalue weighted by Gasteiger charge is -2.28. The van der Waals surface area contributed by atoms with Gasteiger partial charge in [-0.05, 0) is 82.9 Å². The highest BCUT2D eigenvalue weighted by Crippen LogP contribution is 2.36. The summed E-state index contributed by atoms with van der Waals surface area (Å²) < 4.78 is 26.8. The van der Waals surface area contributed by atoms with E-state index in [2.05, 4.69) is 4.98 Å². The monoisotopic (exact) mass is 514 g/mol. The SMILES string of the molecule is CC(C)Oc1cc(N(Cc2cccnc2)C(=O)C2=C(C(=O)OC3CCCC3)CCCC2)c(F)cc1Cl. The fourth-order valence-corrected chi connectivity index (χ4v) is 4.96. The number of amides is 1. The van der Waals surface area contributed by atoms with Gasteiger partial charge in [-0.15, -0.1) is 0 Å². The van der Waals surface area contributed by atoms with E-state index in [1.807, 2.05) is 19.9 Å². The molecule has 2 aliphatic rings. The Morgan fingerprint density at radius 3 is 2.53 bits per heavy atom. The zero-order valence-corrected chi connectivity index (χ0v) is 21.5. The van der Waals surface area contributed by atoms with Gasteiger partial charge in [-0.2, -0.15) is 0 Å². The van der Waals surface area contributed by atoms with E-state index >= 15 is 4.39 Å². The molecule has 192 valence electrons. The molecule has 0 aliphatic heterocycles. The number of halogens is 2. The molecular formula is C28H32ClFN2O4. The van der Waals surface area contributed by atoms with Crippen LogP contribution in [-0.4, -0.2) is 29.1 Å². The van der Waals surface area contributed by atoms with Crippen LogP contribution in [-0.2, 0) is 20.9 Å². The van der Waals surface area contributed by atoms with Crippen LogP contribution in [0.1, 0.15) is 70.8 Å². The second kappa shape index (κ2) is 11.9. The third-order valence-electron chi connectivity index (χ3n) is 6.51. The van der Waals surface area contributed by atoms with E-state index in [4.69, 9.17) is 21.1 Å². The van der Waals surface area contributed by atoms with E-state index in [1.165, 1.54) is 11.0 Å². The number of ether oxygens (including phenoxy) is 2. The molecule has 4 rings (SSSR count). The molecule has 2 aromatic rings. The molecular weight excluding hydrogens is 483 g/mol. The van der Waals surface area contributed by atoms with Gasteiger partial charge in [-0.3, -0.25) is 9.78 Å². The van der Waals surface area contributed by atoms with Crippen LogP contribution in [0.5, 0.6) is 5.75 Å². The molecule has 1 saturated carbocycles. The topological polar surface area (TPSA) is 68.7 Å². The van der Waals surface area contributed by atoms with E-state index < -0.39 is 17.7 Å². The second-order valence-electron chi connectivity index (χ2n) is 9.63. The molecule has 1 fully saturated rings. The van der Waals surface area contributed by atoms with E-state index in [1.54, 1.807) is 18.5 Å². The first kappa shape index (κ1) is 26.1. The summed E-state index contributed by atoms with van der Waals surface area (Å²) >= 11 is 6.24. The number of carbonyl (C=O) groups excluding carboxylic acids is 2. The standard InChI is InChI=1S/C28H32ClFN2O4/c1-18(2)35-26-15-25(24(30)14-23(26)29)32(17-19-8-7-13-31-16-19)27(33)21-11-5-6-12-22(21)28(34)36-20-9-3-4-10-20/h7-8,13-16,18,20H,3-6,9-12,17H2,1-2H3. The number of benzene rings is 1. The molecule has 2 aliphatic carbocycles. The molecule has 0 unspecified atom stereocenters. The maximum atomic E-state index is 15.3. The summed E-state index contributed by atoms with van der Waals surface area (Å²) in [5.41, 5.74) is 1.54. The minimum absolute atomic E-state index is 0.0329. The predicted octanol–water partition coefficient (Wildman–Crippen LogP) is 6.55. The number of rotatable bonds is 8. The first-order valence-corrected chi connectivity index (χ1v) is 13.0. The normalized spacial score (nSPS) is 16.4. The molecule has 36 heavy (non-hydrogen) atoms. The van der Waals surface area contributed by atoms with Crippen LogP contribution in [0.3, 0.4) is 0 Å². The average molecular weight is 515 g/mol. The third kappa shape index (κ3) is 6.25. The Hall–Kier alpha value is -2.93. The van der Waals surface area contributed by atoms with Crippen molar-refractivity contribution in [2.45, 2.75) is 84.0 Å². The van der Waals surface area contributed by atoms with Crippen LogP contribution >= 0.6 is 11.6 Å². The van der Waals surface area contributed by atoms with Gasteiger partial charge in [-0.1, -0.05) is 17.7 Å². The van der Waals surface area contributed by atoms with Crippen LogP contribution in [0.25, 0.3) is 0 Å². The van der Waals surface area contributed by atoms with Gasteiger partial charge in [0.2, 0.25) is 0 Å². The van der Waals surface area contributed by atoms with Crippen molar-refractivity contribution in [1.29, 1.82) is 0 Å². The van der Waals surface area contributed by atoms with Gasteiger partial charge in [0, 0.05) is 29.6 Å². The molecule has 0 N–H and O–H groups in total. The molecule has 1 aromatic carbocycles. The summed E-state index contributed by atoms with van der Waals surface area (Å²) in [6.07, 6.45) is 9.23. The van der Waals surface area contributed by atoms with Crippen LogP contribution in [0.2, 0.25) is 5.02 Å². The Morgan fingerprint density at radius 2 is 1.86 bits per heavy atom. The maximum absolute atomic E-state index is 15.3. The van der Waals surface area contributed by atoms with Crippen molar-refractivity contribution in [2.75, 3.05) is 4.90 Å². The fraction of sp³-hybridized carbons (Fsp3) is 0.464. The first-order valence-electron chi connectivity index (χ1n) is 12.6. The molecule has 1 heterocycles. The lowest BCUT2D eigenvalue weighted by Crippen LogP contribution is -2.35. The lowest BCUT2D eigenvalue weighted by atomic mass is 9.90. The largest absolute Gasteiger partial charge is 0.489 e. The Labute approximate surface area is 216 Å². The van der Waals surface area contributed by atoms with Crippen molar-refractivity contribution in [3.63, 3.8) is 0 Å². The number of hydrogen-bond acceptors (Lipinski definition) is 5. The zero-order chi connectivity index (χ0) is 25.7. The van der Waals surface area contributed by atoms with Gasteiger partial charge in [0.05, 0.1) is 23.4 Å². The van der Waals surface area contributed by atoms with E-state index in [0.717, 1.165) is 50.2 Å². The van der Waals surface area contributed by atoms with Crippen molar-refractivity contribution in [3.8, 4) is 5.75 Å². The molecule has 0 radical (unpaired) electrons. The van der Waals surface area contributed by atoms with Crippen LogP contribution in [0.15, 0.2) is 47.8 Å². The Morgan fingerprint density at radius 1 is 1.14 bits per heavy atom. The molecule has 8 heteroatoms. The summed E-state index contributed by atoms with van der Waals surface area (Å²) in [5, 5.41) is 0.122. The van der Waals surface area contributed by atoms with Gasteiger partial charge in [0.25, 0.3) is 5.91 Å². The lowest BCUT2D eigenvalue weighted by molar-refractivity contribution is -0.144. The van der Waals surface area contributed by atoms with Crippen LogP contribution in [0, 0.1) is 5.82 Å². The first-order chi connectivity index (χ1) is 17.3. The number of pyridine rings is 1. The second-order valence-corrected chi connectivity index (χ2v) is 10.0. The Balaban J connectivity index is 1.74. The highest BCUT2D eigenvalue weighted by atomic mass is 35.5. The number of anilines is 1. The molecule has 1 amide bonds. The Bertz CT molecular complexity index is 1130. The number of nitrogens with zero attached hydrogens (tertiary/aromatic N) is 2. The van der Waals surface area contributed by atoms with Gasteiger partial charge in [0.15, 0.2) is 0 Å². The number of esters is 1. The molecule has 6 nitrogen and oxygen atoms in total. The number of hydrogen-bond donors (Lipinski definition) is 0. The minimum Gasteiger partial charge on any atom is -0.489 e. The van der Waals surface area contributed by atoms with Gasteiger partial charge < -0.3 is 14.4 Å². The van der Waals surface area contributed by atoms with Crippen molar-refractivity contribution < 1.29 is 23.5 Å². The van der Waals surface area contributed by atoms with Crippen molar-refractivity contribution in [3.05, 3.63) is 64.2 Å². The summed E-state index contributed by atoms with van der Waals surface area (Å²) in [5.74, 6) is -1.22. The summed E-state index contributed by atoms with van der Waals surface area (Å²) in [7, 11) is 0. The summed E-state index contributed by atoms with van der Waals surface area (Å²) in [4.78, 5) is 32.6. The van der Waals surface area contributed by atoms with Gasteiger partial charge in [-0.25, -0.2) is 9.18 Å². The van der Waals surface area contributed by atoms with Crippen LogP contribution < -0.4 is 9.64 Å². The van der Waals surface area contributed by atoms with Crippen molar-refractivity contribution in [1.82, 2.24) is 4.98 Å². The minimum atomic E-state index is -0.653.